The van der Waals surface area contributed by atoms with Crippen molar-refractivity contribution in [1.29, 1.82) is 0 Å². The van der Waals surface area contributed by atoms with Gasteiger partial charge in [0.2, 0.25) is 0 Å². The average molecular weight is 229 g/mol. The van der Waals surface area contributed by atoms with Crippen LogP contribution in [0.1, 0.15) is 11.3 Å². The lowest BCUT2D eigenvalue weighted by molar-refractivity contribution is 0.410. The molecule has 0 aliphatic heterocycles. The zero-order valence-corrected chi connectivity index (χ0v) is 9.97. The lowest BCUT2D eigenvalue weighted by Crippen LogP contribution is -2.04. The lowest BCUT2D eigenvalue weighted by Gasteiger charge is -2.09. The molecule has 0 unspecified atom stereocenters. The number of rotatable bonds is 4. The molecule has 88 valence electrons. The van der Waals surface area contributed by atoms with Crippen molar-refractivity contribution < 1.29 is 4.74 Å². The summed E-state index contributed by atoms with van der Waals surface area (Å²) in [5.41, 5.74) is 2.00. The number of nitrogens with one attached hydrogen (secondary N) is 1. The van der Waals surface area contributed by atoms with Gasteiger partial charge in [-0.05, 0) is 25.1 Å². The number of aryl methyl sites for hydroxylation is 1. The van der Waals surface area contributed by atoms with Crippen LogP contribution in [0.4, 0.5) is 5.82 Å². The minimum atomic E-state index is 0.668. The third-order valence-corrected chi connectivity index (χ3v) is 2.45. The van der Waals surface area contributed by atoms with Crippen LogP contribution in [0.2, 0.25) is 0 Å². The standard InChI is InChI=1S/C13H15N3O/c1-10-7-8-13(16-15-10)14-9-11-5-3-4-6-12(11)17-2/h3-8H,9H2,1-2H3,(H,14,16). The molecular weight excluding hydrogens is 214 g/mol. The molecule has 2 aromatic rings. The lowest BCUT2D eigenvalue weighted by atomic mass is 10.2. The average Bonchev–Trinajstić information content (AvgIpc) is 2.38. The molecule has 0 fully saturated rings. The summed E-state index contributed by atoms with van der Waals surface area (Å²) in [4.78, 5) is 0. The van der Waals surface area contributed by atoms with Crippen molar-refractivity contribution in [1.82, 2.24) is 10.2 Å². The summed E-state index contributed by atoms with van der Waals surface area (Å²) in [6, 6.07) is 11.7. The van der Waals surface area contributed by atoms with Crippen molar-refractivity contribution in [3.05, 3.63) is 47.7 Å². The van der Waals surface area contributed by atoms with Crippen LogP contribution in [-0.4, -0.2) is 17.3 Å². The van der Waals surface area contributed by atoms with Gasteiger partial charge in [0, 0.05) is 12.1 Å². The Bertz CT molecular complexity index is 482. The molecule has 0 amide bonds. The number of benzene rings is 1. The normalized spacial score (nSPS) is 10.0. The van der Waals surface area contributed by atoms with E-state index in [4.69, 9.17) is 4.74 Å². The van der Waals surface area contributed by atoms with Crippen molar-refractivity contribution in [2.45, 2.75) is 13.5 Å². The molecule has 0 radical (unpaired) electrons. The fourth-order valence-electron chi connectivity index (χ4n) is 1.53. The molecule has 0 saturated heterocycles. The van der Waals surface area contributed by atoms with Crippen LogP contribution in [0.15, 0.2) is 36.4 Å². The molecule has 0 spiro atoms. The molecule has 17 heavy (non-hydrogen) atoms. The van der Waals surface area contributed by atoms with Crippen LogP contribution in [-0.2, 0) is 6.54 Å². The molecule has 0 aliphatic rings. The van der Waals surface area contributed by atoms with E-state index in [1.165, 1.54) is 0 Å². The molecule has 1 N–H and O–H groups in total. The van der Waals surface area contributed by atoms with Gasteiger partial charge in [0.15, 0.2) is 0 Å². The quantitative estimate of drug-likeness (QED) is 0.874. The third-order valence-electron chi connectivity index (χ3n) is 2.45. The second kappa shape index (κ2) is 5.30. The molecular formula is C13H15N3O. The van der Waals surface area contributed by atoms with Crippen molar-refractivity contribution in [2.75, 3.05) is 12.4 Å². The van der Waals surface area contributed by atoms with Gasteiger partial charge in [0.25, 0.3) is 0 Å². The molecule has 0 bridgehead atoms. The highest BCUT2D eigenvalue weighted by molar-refractivity contribution is 5.39. The Kier molecular flexibility index (Phi) is 3.55. The summed E-state index contributed by atoms with van der Waals surface area (Å²) in [6.07, 6.45) is 0. The summed E-state index contributed by atoms with van der Waals surface area (Å²) in [6.45, 7) is 2.58. The van der Waals surface area contributed by atoms with Crippen molar-refractivity contribution in [3.63, 3.8) is 0 Å². The van der Waals surface area contributed by atoms with E-state index in [2.05, 4.69) is 15.5 Å². The number of ether oxygens (including phenoxy) is 1. The Morgan fingerprint density at radius 3 is 2.65 bits per heavy atom. The maximum Gasteiger partial charge on any atom is 0.148 e. The minimum absolute atomic E-state index is 0.668. The van der Waals surface area contributed by atoms with Crippen LogP contribution in [0.25, 0.3) is 0 Å². The second-order valence-electron chi connectivity index (χ2n) is 3.73. The van der Waals surface area contributed by atoms with E-state index in [1.54, 1.807) is 7.11 Å². The molecule has 0 saturated carbocycles. The van der Waals surface area contributed by atoms with Crippen LogP contribution in [0, 0.1) is 6.92 Å². The first-order valence-corrected chi connectivity index (χ1v) is 5.45. The highest BCUT2D eigenvalue weighted by Crippen LogP contribution is 2.18. The zero-order valence-electron chi connectivity index (χ0n) is 9.97. The Morgan fingerprint density at radius 1 is 1.12 bits per heavy atom. The number of methoxy groups -OCH3 is 1. The maximum absolute atomic E-state index is 5.28. The predicted molar refractivity (Wildman–Crippen MR) is 67.1 cm³/mol. The second-order valence-corrected chi connectivity index (χ2v) is 3.73. The van der Waals surface area contributed by atoms with Crippen LogP contribution >= 0.6 is 0 Å². The van der Waals surface area contributed by atoms with E-state index >= 15 is 0 Å². The summed E-state index contributed by atoms with van der Waals surface area (Å²) in [7, 11) is 1.67. The molecule has 1 heterocycles. The van der Waals surface area contributed by atoms with Gasteiger partial charge in [-0.15, -0.1) is 5.10 Å². The summed E-state index contributed by atoms with van der Waals surface area (Å²) in [5.74, 6) is 1.64. The fraction of sp³-hybridized carbons (Fsp3) is 0.231. The van der Waals surface area contributed by atoms with Gasteiger partial charge < -0.3 is 10.1 Å². The van der Waals surface area contributed by atoms with Crippen molar-refractivity contribution >= 4 is 5.82 Å². The number of hydrogen-bond donors (Lipinski definition) is 1. The number of aromatic nitrogens is 2. The maximum atomic E-state index is 5.28. The Balaban J connectivity index is 2.04. The fourth-order valence-corrected chi connectivity index (χ4v) is 1.53. The molecule has 1 aromatic heterocycles. The number of anilines is 1. The van der Waals surface area contributed by atoms with Crippen LogP contribution in [0.5, 0.6) is 5.75 Å². The Hall–Kier alpha value is -2.10. The Morgan fingerprint density at radius 2 is 1.94 bits per heavy atom. The first-order valence-electron chi connectivity index (χ1n) is 5.45. The van der Waals surface area contributed by atoms with E-state index in [0.717, 1.165) is 22.8 Å². The summed E-state index contributed by atoms with van der Waals surface area (Å²) < 4.78 is 5.28. The number of para-hydroxylation sites is 1. The van der Waals surface area contributed by atoms with E-state index in [0.29, 0.717) is 6.54 Å². The minimum Gasteiger partial charge on any atom is -0.496 e. The highest BCUT2D eigenvalue weighted by atomic mass is 16.5. The largest absolute Gasteiger partial charge is 0.496 e. The first-order chi connectivity index (χ1) is 8.29. The van der Waals surface area contributed by atoms with Gasteiger partial charge in [0.05, 0.1) is 12.8 Å². The third kappa shape index (κ3) is 2.93. The topological polar surface area (TPSA) is 47.0 Å². The number of hydrogen-bond acceptors (Lipinski definition) is 4. The molecule has 1 aromatic carbocycles. The zero-order chi connectivity index (χ0) is 12.1. The molecule has 2 rings (SSSR count). The molecule has 4 heteroatoms. The van der Waals surface area contributed by atoms with Gasteiger partial charge in [0.1, 0.15) is 11.6 Å². The highest BCUT2D eigenvalue weighted by Gasteiger charge is 2.01. The van der Waals surface area contributed by atoms with E-state index in [9.17, 15) is 0 Å². The summed E-state index contributed by atoms with van der Waals surface area (Å²) in [5, 5.41) is 11.2. The monoisotopic (exact) mass is 229 g/mol. The van der Waals surface area contributed by atoms with Gasteiger partial charge in [-0.1, -0.05) is 18.2 Å². The Labute approximate surface area is 101 Å². The van der Waals surface area contributed by atoms with Gasteiger partial charge in [-0.25, -0.2) is 0 Å². The van der Waals surface area contributed by atoms with Crippen LogP contribution < -0.4 is 10.1 Å². The van der Waals surface area contributed by atoms with Crippen molar-refractivity contribution in [2.24, 2.45) is 0 Å². The van der Waals surface area contributed by atoms with Gasteiger partial charge >= 0.3 is 0 Å². The summed E-state index contributed by atoms with van der Waals surface area (Å²) >= 11 is 0. The molecule has 0 aliphatic carbocycles. The smallest absolute Gasteiger partial charge is 0.148 e. The van der Waals surface area contributed by atoms with E-state index in [1.807, 2.05) is 43.3 Å². The van der Waals surface area contributed by atoms with Crippen molar-refractivity contribution in [3.8, 4) is 5.75 Å². The van der Waals surface area contributed by atoms with E-state index < -0.39 is 0 Å². The molecule has 4 nitrogen and oxygen atoms in total. The number of nitrogens with zero attached hydrogens (tertiary/aromatic N) is 2. The van der Waals surface area contributed by atoms with E-state index in [-0.39, 0.29) is 0 Å². The SMILES string of the molecule is COc1ccccc1CNc1ccc(C)nn1. The van der Waals surface area contributed by atoms with Gasteiger partial charge in [-0.3, -0.25) is 0 Å². The van der Waals surface area contributed by atoms with Gasteiger partial charge in [-0.2, -0.15) is 5.10 Å². The molecule has 0 atom stereocenters. The first kappa shape index (κ1) is 11.4. The predicted octanol–water partition coefficient (Wildman–Crippen LogP) is 2.41. The van der Waals surface area contributed by atoms with Crippen LogP contribution in [0.3, 0.4) is 0 Å².